The van der Waals surface area contributed by atoms with Crippen LogP contribution in [0.15, 0.2) is 144 Å². The van der Waals surface area contributed by atoms with Crippen LogP contribution in [0.2, 0.25) is 0 Å². The molecule has 46 heavy (non-hydrogen) atoms. The van der Waals surface area contributed by atoms with Crippen LogP contribution in [0.5, 0.6) is 0 Å². The molecular formula is C40H41N4S2+. The van der Waals surface area contributed by atoms with Gasteiger partial charge in [0.1, 0.15) is 7.05 Å². The number of anilines is 2. The molecule has 0 amide bonds. The second-order valence-corrected chi connectivity index (χ2v) is 13.3. The molecule has 2 N–H and O–H groups in total. The molecule has 4 aromatic rings. The van der Waals surface area contributed by atoms with E-state index in [1.165, 1.54) is 27.7 Å². The summed E-state index contributed by atoms with van der Waals surface area (Å²) in [5, 5.41) is 8.49. The van der Waals surface area contributed by atoms with Gasteiger partial charge in [0.05, 0.1) is 5.71 Å². The van der Waals surface area contributed by atoms with Gasteiger partial charge in [0, 0.05) is 66.6 Å². The maximum Gasteiger partial charge on any atom is 0.212 e. The minimum absolute atomic E-state index is 0.913. The highest BCUT2D eigenvalue weighted by molar-refractivity contribution is 8.76. The topological polar surface area (TPSA) is 40.3 Å². The molecule has 4 nitrogen and oxygen atoms in total. The molecule has 0 saturated heterocycles. The van der Waals surface area contributed by atoms with Gasteiger partial charge in [-0.3, -0.25) is 4.99 Å². The normalized spacial score (nSPS) is 14.9. The Labute approximate surface area is 281 Å². The highest BCUT2D eigenvalue weighted by Crippen LogP contribution is 2.23. The number of benzene rings is 3. The quantitative estimate of drug-likeness (QED) is 0.0623. The van der Waals surface area contributed by atoms with Crippen molar-refractivity contribution in [2.45, 2.75) is 0 Å². The van der Waals surface area contributed by atoms with Gasteiger partial charge in [-0.25, -0.2) is 0 Å². The first-order chi connectivity index (χ1) is 22.7. The van der Waals surface area contributed by atoms with E-state index >= 15 is 0 Å². The Hall–Kier alpha value is -4.52. The molecule has 0 aliphatic heterocycles. The van der Waals surface area contributed by atoms with Crippen LogP contribution in [0.4, 0.5) is 11.4 Å². The predicted octanol–water partition coefficient (Wildman–Crippen LogP) is 9.43. The lowest BCUT2D eigenvalue weighted by molar-refractivity contribution is -0.646. The summed E-state index contributed by atoms with van der Waals surface area (Å²) in [6.45, 7) is 1.83. The van der Waals surface area contributed by atoms with Crippen LogP contribution in [0, 0.1) is 0 Å². The smallest absolute Gasteiger partial charge is 0.212 e. The molecule has 0 fully saturated rings. The minimum Gasteiger partial charge on any atom is -0.384 e. The molecule has 0 atom stereocenters. The van der Waals surface area contributed by atoms with Gasteiger partial charge >= 0.3 is 0 Å². The van der Waals surface area contributed by atoms with E-state index in [1.807, 2.05) is 46.9 Å². The maximum absolute atomic E-state index is 4.32. The molecule has 0 radical (unpaired) electrons. The van der Waals surface area contributed by atoms with Crippen molar-refractivity contribution in [3.8, 4) is 0 Å². The minimum atomic E-state index is 0.913. The first-order valence-electron chi connectivity index (χ1n) is 15.6. The maximum atomic E-state index is 4.32. The van der Waals surface area contributed by atoms with Crippen molar-refractivity contribution in [1.82, 2.24) is 0 Å². The molecule has 6 heteroatoms. The van der Waals surface area contributed by atoms with Crippen molar-refractivity contribution < 1.29 is 4.57 Å². The number of allylic oxidation sites excluding steroid dienone is 9. The lowest BCUT2D eigenvalue weighted by Gasteiger charge is -2.10. The van der Waals surface area contributed by atoms with Gasteiger partial charge in [-0.1, -0.05) is 119 Å². The van der Waals surface area contributed by atoms with Crippen molar-refractivity contribution >= 4 is 67.8 Å². The summed E-state index contributed by atoms with van der Waals surface area (Å²) in [6, 6.07) is 29.8. The zero-order chi connectivity index (χ0) is 31.8. The number of aliphatic imine (C=N–C) groups is 1. The van der Waals surface area contributed by atoms with E-state index in [-0.39, 0.29) is 0 Å². The highest BCUT2D eigenvalue weighted by atomic mass is 33.1. The average molecular weight is 642 g/mol. The van der Waals surface area contributed by atoms with E-state index in [2.05, 4.69) is 161 Å². The molecule has 3 aromatic carbocycles. The monoisotopic (exact) mass is 641 g/mol. The van der Waals surface area contributed by atoms with E-state index in [4.69, 9.17) is 0 Å². The summed E-state index contributed by atoms with van der Waals surface area (Å²) >= 11 is 0. The highest BCUT2D eigenvalue weighted by Gasteiger charge is 2.09. The van der Waals surface area contributed by atoms with E-state index in [1.54, 1.807) is 0 Å². The Kier molecular flexibility index (Phi) is 12.7. The summed E-state index contributed by atoms with van der Waals surface area (Å²) in [7, 11) is 7.76. The number of aromatic nitrogens is 1. The largest absolute Gasteiger partial charge is 0.384 e. The van der Waals surface area contributed by atoms with Gasteiger partial charge in [0.2, 0.25) is 11.2 Å². The number of nitrogens with one attached hydrogen (secondary N) is 2. The number of rotatable bonds is 14. The third kappa shape index (κ3) is 9.49. The molecule has 1 aromatic heterocycles. The Bertz CT molecular complexity index is 1830. The molecule has 5 rings (SSSR count). The fourth-order valence-electron chi connectivity index (χ4n) is 5.10. The lowest BCUT2D eigenvalue weighted by atomic mass is 10.1. The molecule has 0 saturated carbocycles. The Morgan fingerprint density at radius 1 is 0.674 bits per heavy atom. The van der Waals surface area contributed by atoms with Crippen molar-refractivity contribution in [2.75, 3.05) is 42.3 Å². The Balaban J connectivity index is 1.03. The van der Waals surface area contributed by atoms with Gasteiger partial charge < -0.3 is 10.6 Å². The van der Waals surface area contributed by atoms with Crippen LogP contribution >= 0.6 is 21.6 Å². The van der Waals surface area contributed by atoms with Crippen LogP contribution in [0.25, 0.3) is 29.1 Å². The summed E-state index contributed by atoms with van der Waals surface area (Å²) in [4.78, 5) is 4.32. The van der Waals surface area contributed by atoms with Crippen LogP contribution in [0.1, 0.15) is 16.8 Å². The standard InChI is InChI=1S/C40H40N4S2/c1-41-37-20-10-6-16-32(37)14-4-3-5-15-33-17-7-11-21-38(33)42-28-30-45-46-31-29-43-39-22-12-8-18-34(39)24-26-36-27-25-35-19-9-13-23-40(35)44(36)2/h3-27H,28-31H2,1-2H3,(H,41,42)/p+1. The van der Waals surface area contributed by atoms with Crippen LogP contribution in [-0.4, -0.2) is 37.4 Å². The Morgan fingerprint density at radius 3 is 2.07 bits per heavy atom. The molecular weight excluding hydrogens is 601 g/mol. The molecule has 1 aliphatic carbocycles. The van der Waals surface area contributed by atoms with Gasteiger partial charge in [0.25, 0.3) is 0 Å². The Morgan fingerprint density at radius 2 is 1.33 bits per heavy atom. The molecule has 1 aliphatic rings. The van der Waals surface area contributed by atoms with Crippen LogP contribution in [-0.2, 0) is 7.05 Å². The first-order valence-corrected chi connectivity index (χ1v) is 18.0. The molecule has 232 valence electrons. The van der Waals surface area contributed by atoms with Gasteiger partial charge in [-0.05, 0) is 53.1 Å². The van der Waals surface area contributed by atoms with Crippen LogP contribution < -0.4 is 15.2 Å². The molecule has 0 bridgehead atoms. The number of hydrogen-bond acceptors (Lipinski definition) is 5. The van der Waals surface area contributed by atoms with E-state index < -0.39 is 0 Å². The second kappa shape index (κ2) is 17.8. The van der Waals surface area contributed by atoms with E-state index in [9.17, 15) is 0 Å². The summed E-state index contributed by atoms with van der Waals surface area (Å²) in [5.41, 5.74) is 9.20. The van der Waals surface area contributed by atoms with Gasteiger partial charge in [-0.15, -0.1) is 0 Å². The number of nitrogens with zero attached hydrogens (tertiary/aromatic N) is 2. The van der Waals surface area contributed by atoms with Gasteiger partial charge in [-0.2, -0.15) is 4.57 Å². The summed E-state index contributed by atoms with van der Waals surface area (Å²) in [6.07, 6.45) is 23.0. The fourth-order valence-corrected chi connectivity index (χ4v) is 6.91. The number of aryl methyl sites for hydroxylation is 1. The number of pyridine rings is 1. The SMILES string of the molecule is CN=C1C=CC=C/C1=C/C=C/C=C/c1ccccc1NCCSSCCNc1ccccc1/C=C/c1ccc2ccccc2[n+]1C. The van der Waals surface area contributed by atoms with Gasteiger partial charge in [0.15, 0.2) is 0 Å². The molecule has 0 unspecified atom stereocenters. The van der Waals surface area contributed by atoms with Crippen molar-refractivity contribution in [2.24, 2.45) is 12.0 Å². The van der Waals surface area contributed by atoms with E-state index in [0.717, 1.165) is 47.3 Å². The zero-order valence-corrected chi connectivity index (χ0v) is 28.1. The summed E-state index contributed by atoms with van der Waals surface area (Å²) < 4.78 is 2.24. The molecule has 1 heterocycles. The van der Waals surface area contributed by atoms with Crippen molar-refractivity contribution in [1.29, 1.82) is 0 Å². The lowest BCUT2D eigenvalue weighted by Crippen LogP contribution is -2.32. The number of para-hydroxylation sites is 3. The van der Waals surface area contributed by atoms with Crippen molar-refractivity contribution in [3.05, 3.63) is 156 Å². The fraction of sp³-hybridized carbons (Fsp3) is 0.150. The molecule has 0 spiro atoms. The average Bonchev–Trinajstić information content (AvgIpc) is 3.10. The third-order valence-electron chi connectivity index (χ3n) is 7.51. The third-order valence-corrected chi connectivity index (χ3v) is 9.92. The second-order valence-electron chi connectivity index (χ2n) is 10.6. The number of hydrogen-bond donors (Lipinski definition) is 2. The first kappa shape index (κ1) is 32.9. The predicted molar refractivity (Wildman–Crippen MR) is 207 cm³/mol. The van der Waals surface area contributed by atoms with Crippen molar-refractivity contribution in [3.63, 3.8) is 0 Å². The van der Waals surface area contributed by atoms with Crippen LogP contribution in [0.3, 0.4) is 0 Å². The zero-order valence-electron chi connectivity index (χ0n) is 26.5. The summed E-state index contributed by atoms with van der Waals surface area (Å²) in [5.74, 6) is 2.06. The number of fused-ring (bicyclic) bond motifs is 1. The van der Waals surface area contributed by atoms with E-state index in [0.29, 0.717) is 0 Å².